The minimum Gasteiger partial charge on any atom is -0.453 e. The summed E-state index contributed by atoms with van der Waals surface area (Å²) in [7, 11) is 0. The van der Waals surface area contributed by atoms with Gasteiger partial charge in [-0.3, -0.25) is 4.79 Å². The minimum absolute atomic E-state index is 0.00905. The molecule has 12 fully saturated rings. The number of fused-ring (bicyclic) bond motifs is 7. The number of ether oxygens (including phenoxy) is 18. The van der Waals surface area contributed by atoms with E-state index in [-0.39, 0.29) is 54.1 Å². The Morgan fingerprint density at radius 2 is 0.949 bits per heavy atom. The number of carbonyl (C=O) groups is 3. The SMILES string of the molecule is C=CC(C)(C)CC/C=C(\C)C(=O)OC1C(OCC2OC(OC(=O)C34CCC(C)(C)CC3C3=CCC5C6(C)CCC(OC7OC(COC8OCC(O)C(O)C8OC8OCC(O)C(O)C8O)C(O)C(O)C7O)C(C)(C)C6CCC5(C)C3(C)CC4O)C(OC3OC(C)C(OC4OCC(O)C(OC5OCC(O)C(O)C5O)C4O)C(O)C3O)C(OC(=O)/C(C)=C/CCC(C)(O)C=C)C2O)OC(C)C(O)C1O. The molecule has 4 saturated carbocycles. The highest BCUT2D eigenvalue weighted by Gasteiger charge is 2.73. The number of aliphatic hydroxyl groups excluding tert-OH is 19. The summed E-state index contributed by atoms with van der Waals surface area (Å²) in [6, 6.07) is 0. The van der Waals surface area contributed by atoms with Crippen LogP contribution < -0.4 is 0 Å². The summed E-state index contributed by atoms with van der Waals surface area (Å²) in [6.07, 6.45) is -52.5. The lowest BCUT2D eigenvalue weighted by Gasteiger charge is -2.71. The molecule has 41 heteroatoms. The molecular formula is C95H150O41. The maximum atomic E-state index is 16.8. The lowest BCUT2D eigenvalue weighted by molar-refractivity contribution is -0.381. The number of esters is 3. The van der Waals surface area contributed by atoms with Gasteiger partial charge >= 0.3 is 17.9 Å². The molecule has 0 aromatic heterocycles. The molecule has 41 nitrogen and oxygen atoms in total. The van der Waals surface area contributed by atoms with Crippen molar-refractivity contribution in [3.63, 3.8) is 0 Å². The number of hydrogen-bond acceptors (Lipinski definition) is 41. The number of aliphatic hydroxyl groups is 20. The molecule has 8 aliphatic heterocycles. The normalized spacial score (nSPS) is 48.2. The highest BCUT2D eigenvalue weighted by Crippen LogP contribution is 2.76. The smallest absolute Gasteiger partial charge is 0.333 e. The highest BCUT2D eigenvalue weighted by atomic mass is 16.8. The summed E-state index contributed by atoms with van der Waals surface area (Å²) in [5.74, 6) is -4.04. The Morgan fingerprint density at radius 1 is 0.449 bits per heavy atom. The van der Waals surface area contributed by atoms with Gasteiger partial charge in [-0.1, -0.05) is 98.3 Å². The first-order valence-corrected chi connectivity index (χ1v) is 47.8. The van der Waals surface area contributed by atoms with E-state index in [0.29, 0.717) is 57.8 Å². The van der Waals surface area contributed by atoms with Gasteiger partial charge in [0.25, 0.3) is 0 Å². The Hall–Kier alpha value is -4.29. The van der Waals surface area contributed by atoms with Crippen LogP contribution in [0.25, 0.3) is 0 Å². The quantitative estimate of drug-likeness (QED) is 0.0129. The second-order valence-electron chi connectivity index (χ2n) is 43.2. The number of carbonyl (C=O) groups excluding carboxylic acids is 3. The van der Waals surface area contributed by atoms with E-state index >= 15 is 4.79 Å². The summed E-state index contributed by atoms with van der Waals surface area (Å²) in [5.41, 5.74) is -5.70. The second-order valence-corrected chi connectivity index (χ2v) is 43.2. The minimum atomic E-state index is -2.24. The summed E-state index contributed by atoms with van der Waals surface area (Å²) in [4.78, 5) is 45.8. The van der Waals surface area contributed by atoms with Crippen LogP contribution in [0, 0.1) is 55.7 Å². The van der Waals surface area contributed by atoms with Crippen LogP contribution in [0.4, 0.5) is 0 Å². The van der Waals surface area contributed by atoms with Gasteiger partial charge in [0, 0.05) is 11.1 Å². The van der Waals surface area contributed by atoms with Crippen LogP contribution >= 0.6 is 0 Å². The Balaban J connectivity index is 0.793. The first kappa shape index (κ1) is 109. The zero-order valence-corrected chi connectivity index (χ0v) is 79.9. The van der Waals surface area contributed by atoms with Crippen LogP contribution in [-0.4, -0.2) is 399 Å². The maximum Gasteiger partial charge on any atom is 0.333 e. The van der Waals surface area contributed by atoms with E-state index in [4.69, 9.17) is 85.3 Å². The van der Waals surface area contributed by atoms with Gasteiger partial charge in [0.15, 0.2) is 62.3 Å². The van der Waals surface area contributed by atoms with Gasteiger partial charge in [-0.25, -0.2) is 9.59 Å². The van der Waals surface area contributed by atoms with Gasteiger partial charge in [0.05, 0.1) is 69.7 Å². The summed E-state index contributed by atoms with van der Waals surface area (Å²) >= 11 is 0. The molecule has 5 aliphatic carbocycles. The Morgan fingerprint density at radius 3 is 1.56 bits per heavy atom. The fourth-order valence-corrected chi connectivity index (χ4v) is 23.4. The third-order valence-electron chi connectivity index (χ3n) is 32.6. The van der Waals surface area contributed by atoms with Crippen LogP contribution in [-0.2, 0) is 99.6 Å². The van der Waals surface area contributed by atoms with Crippen LogP contribution in [0.5, 0.6) is 0 Å². The van der Waals surface area contributed by atoms with Gasteiger partial charge in [0.1, 0.15) is 146 Å². The molecule has 136 heavy (non-hydrogen) atoms. The van der Waals surface area contributed by atoms with Crippen LogP contribution in [0.15, 0.2) is 60.3 Å². The fraction of sp³-hybridized carbons (Fsp3) is 0.863. The zero-order valence-electron chi connectivity index (χ0n) is 79.9. The van der Waals surface area contributed by atoms with Crippen molar-refractivity contribution in [2.24, 2.45) is 55.7 Å². The first-order chi connectivity index (χ1) is 63.6. The maximum absolute atomic E-state index is 16.8. The largest absolute Gasteiger partial charge is 0.453 e. The Kier molecular flexibility index (Phi) is 34.3. The predicted molar refractivity (Wildman–Crippen MR) is 466 cm³/mol. The van der Waals surface area contributed by atoms with Crippen molar-refractivity contribution in [2.45, 2.75) is 419 Å². The van der Waals surface area contributed by atoms with Gasteiger partial charge in [-0.15, -0.1) is 13.2 Å². The molecule has 0 bridgehead atoms. The van der Waals surface area contributed by atoms with E-state index in [1.807, 2.05) is 13.8 Å². The average molecular weight is 1950 g/mol. The molecule has 0 radical (unpaired) electrons. The second kappa shape index (κ2) is 42.8. The van der Waals surface area contributed by atoms with E-state index in [1.54, 1.807) is 12.2 Å². The average Bonchev–Trinajstić information content (AvgIpc) is 0.668. The summed E-state index contributed by atoms with van der Waals surface area (Å²) in [6.45, 7) is 30.3. The Labute approximate surface area is 791 Å². The molecule has 0 amide bonds. The monoisotopic (exact) mass is 1950 g/mol. The molecule has 0 aromatic carbocycles. The lowest BCUT2D eigenvalue weighted by atomic mass is 9.33. The van der Waals surface area contributed by atoms with Gasteiger partial charge < -0.3 is 187 Å². The van der Waals surface area contributed by atoms with Gasteiger partial charge in [0.2, 0.25) is 6.29 Å². The van der Waals surface area contributed by atoms with E-state index in [1.165, 1.54) is 46.8 Å². The molecular weight excluding hydrogens is 1800 g/mol. The number of hydrogen-bond donors (Lipinski definition) is 20. The third kappa shape index (κ3) is 21.7. The molecule has 8 saturated heterocycles. The number of allylic oxidation sites excluding steroid dienone is 5. The predicted octanol–water partition coefficient (Wildman–Crippen LogP) is -1.45. The highest BCUT2D eigenvalue weighted by molar-refractivity contribution is 5.88. The molecule has 20 N–H and O–H groups in total. The van der Waals surface area contributed by atoms with Crippen molar-refractivity contribution in [2.75, 3.05) is 39.6 Å². The fourth-order valence-electron chi connectivity index (χ4n) is 23.4. The molecule has 0 spiro atoms. The molecule has 8 heterocycles. The number of rotatable bonds is 30. The lowest BCUT2D eigenvalue weighted by Crippen LogP contribution is -2.69. The van der Waals surface area contributed by atoms with Gasteiger partial charge in [-0.05, 0) is 168 Å². The zero-order chi connectivity index (χ0) is 99.8. The van der Waals surface area contributed by atoms with Crippen molar-refractivity contribution in [3.8, 4) is 0 Å². The van der Waals surface area contributed by atoms with Gasteiger partial charge in [-0.2, -0.15) is 0 Å². The topological polar surface area (TPSA) is 622 Å². The molecule has 13 rings (SSSR count). The van der Waals surface area contributed by atoms with E-state index < -0.39 is 335 Å². The summed E-state index contributed by atoms with van der Waals surface area (Å²) in [5, 5.41) is 227. The van der Waals surface area contributed by atoms with Crippen molar-refractivity contribution >= 4 is 17.9 Å². The van der Waals surface area contributed by atoms with E-state index in [2.05, 4.69) is 67.7 Å². The van der Waals surface area contributed by atoms with Crippen LogP contribution in [0.2, 0.25) is 0 Å². The van der Waals surface area contributed by atoms with E-state index in [0.717, 1.165) is 5.57 Å². The van der Waals surface area contributed by atoms with E-state index in [9.17, 15) is 112 Å². The Bertz CT molecular complexity index is 4170. The molecule has 46 unspecified atom stereocenters. The first-order valence-electron chi connectivity index (χ1n) is 47.8. The summed E-state index contributed by atoms with van der Waals surface area (Å²) < 4.78 is 110. The van der Waals surface area contributed by atoms with Crippen molar-refractivity contribution < 1.29 is 202 Å². The third-order valence-corrected chi connectivity index (χ3v) is 32.6. The molecule has 776 valence electrons. The molecule has 13 aliphatic rings. The van der Waals surface area contributed by atoms with Crippen molar-refractivity contribution in [1.29, 1.82) is 0 Å². The van der Waals surface area contributed by atoms with Crippen molar-refractivity contribution in [1.82, 2.24) is 0 Å². The van der Waals surface area contributed by atoms with Crippen LogP contribution in [0.3, 0.4) is 0 Å². The standard InChI is InChI=1S/C95H150O41/c1-17-88(7,8)27-19-21-41(3)78(116)131-75-64(108)57(101)43(5)125-85(75)124-40-52-62(106)73(130-77(115)42(4)22-20-28-91(13,118)18-2)76(135-82-69(113)65(109)71(44(6)126-82)132-81-70(114)72(50(99)38-121-81)133-79-66(110)58(102)47(96)35-119-79)86(128-52)136-87(117)95-32-31-89(9,10)33-46(95)45-23-24-54-92(14)29-26-56(90(11,12)53(92)25-30-93(54,15)94(45,16)34-55(95)100)129-83-68(112)63(107)61(105)51(127-83)39-123-84-74(60(104)49(98)37-122-84)134-80-67(111)59(103)48(97)36-120-80/h17-18,21-23,43-44,46-76,79-86,96-114,118H,1-2,19-20,24-40H2,3-16H3/b41-21+,42-22+. The van der Waals surface area contributed by atoms with Crippen molar-refractivity contribution in [3.05, 3.63) is 60.3 Å². The van der Waals surface area contributed by atoms with Crippen LogP contribution in [0.1, 0.15) is 180 Å². The molecule has 46 atom stereocenters. The molecule has 0 aromatic rings.